The third-order valence-corrected chi connectivity index (χ3v) is 3.19. The van der Waals surface area contributed by atoms with E-state index < -0.39 is 5.54 Å². The van der Waals surface area contributed by atoms with E-state index in [1.165, 1.54) is 0 Å². The Balaban J connectivity index is 3.00. The topological polar surface area (TPSA) is 47.6 Å². The number of benzene rings is 1. The maximum absolute atomic E-state index is 11.9. The highest BCUT2D eigenvalue weighted by Gasteiger charge is 2.29. The van der Waals surface area contributed by atoms with Gasteiger partial charge in [-0.15, -0.1) is 0 Å². The van der Waals surface area contributed by atoms with Crippen LogP contribution in [0.15, 0.2) is 12.1 Å². The fourth-order valence-corrected chi connectivity index (χ4v) is 1.85. The largest absolute Gasteiger partial charge is 0.496 e. The van der Waals surface area contributed by atoms with E-state index in [2.05, 4.69) is 5.32 Å². The summed E-state index contributed by atoms with van der Waals surface area (Å²) in [6.07, 6.45) is 0. The number of rotatable bonds is 5. The van der Waals surface area contributed by atoms with Crippen LogP contribution in [-0.4, -0.2) is 25.2 Å². The van der Waals surface area contributed by atoms with E-state index in [0.29, 0.717) is 6.61 Å². The molecular weight excluding hydrogens is 242 g/mol. The minimum Gasteiger partial charge on any atom is -0.496 e. The van der Waals surface area contributed by atoms with E-state index in [1.54, 1.807) is 14.0 Å². The van der Waals surface area contributed by atoms with Crippen molar-refractivity contribution in [1.29, 1.82) is 0 Å². The molecule has 0 saturated heterocycles. The molecular formula is C15H23NO3. The van der Waals surface area contributed by atoms with Crippen LogP contribution >= 0.6 is 0 Å². The molecule has 0 spiro atoms. The van der Waals surface area contributed by atoms with Crippen LogP contribution < -0.4 is 10.1 Å². The summed E-state index contributed by atoms with van der Waals surface area (Å²) in [6.45, 7) is 9.80. The zero-order chi connectivity index (χ0) is 14.6. The summed E-state index contributed by atoms with van der Waals surface area (Å²) in [5, 5.41) is 3.23. The van der Waals surface area contributed by atoms with Gasteiger partial charge in [0.15, 0.2) is 0 Å². The second kappa shape index (κ2) is 5.95. The van der Waals surface area contributed by atoms with Crippen LogP contribution in [0, 0.1) is 13.8 Å². The van der Waals surface area contributed by atoms with Crippen LogP contribution in [0.25, 0.3) is 0 Å². The van der Waals surface area contributed by atoms with Gasteiger partial charge >= 0.3 is 5.97 Å². The van der Waals surface area contributed by atoms with Gasteiger partial charge < -0.3 is 14.8 Å². The monoisotopic (exact) mass is 265 g/mol. The zero-order valence-corrected chi connectivity index (χ0v) is 12.6. The van der Waals surface area contributed by atoms with E-state index in [1.807, 2.05) is 39.8 Å². The first-order valence-corrected chi connectivity index (χ1v) is 6.43. The van der Waals surface area contributed by atoms with Gasteiger partial charge in [0, 0.05) is 5.69 Å². The molecule has 0 unspecified atom stereocenters. The van der Waals surface area contributed by atoms with Gasteiger partial charge in [-0.3, -0.25) is 0 Å². The van der Waals surface area contributed by atoms with Gasteiger partial charge in [-0.25, -0.2) is 4.79 Å². The lowest BCUT2D eigenvalue weighted by Gasteiger charge is -2.26. The van der Waals surface area contributed by atoms with Crippen LogP contribution in [0.2, 0.25) is 0 Å². The SMILES string of the molecule is CCOC(=O)C(C)(C)Nc1ccc(OC)c(C)c1C. The smallest absolute Gasteiger partial charge is 0.331 e. The molecule has 0 saturated carbocycles. The highest BCUT2D eigenvalue weighted by Crippen LogP contribution is 2.29. The van der Waals surface area contributed by atoms with Gasteiger partial charge in [-0.2, -0.15) is 0 Å². The molecule has 0 bridgehead atoms. The summed E-state index contributed by atoms with van der Waals surface area (Å²) in [7, 11) is 1.65. The Bertz CT molecular complexity index is 467. The summed E-state index contributed by atoms with van der Waals surface area (Å²) in [4.78, 5) is 11.9. The standard InChI is InChI=1S/C15H23NO3/c1-7-19-14(17)15(4,5)16-12-8-9-13(18-6)11(3)10(12)2/h8-9,16H,7H2,1-6H3. The molecule has 1 N–H and O–H groups in total. The van der Waals surface area contributed by atoms with Crippen molar-refractivity contribution in [3.63, 3.8) is 0 Å². The minimum atomic E-state index is -0.762. The fourth-order valence-electron chi connectivity index (χ4n) is 1.85. The third kappa shape index (κ3) is 3.40. The van der Waals surface area contributed by atoms with Crippen molar-refractivity contribution in [1.82, 2.24) is 0 Å². The van der Waals surface area contributed by atoms with Crippen molar-refractivity contribution in [3.8, 4) is 5.75 Å². The molecule has 1 aromatic carbocycles. The van der Waals surface area contributed by atoms with Gasteiger partial charge in [0.05, 0.1) is 13.7 Å². The lowest BCUT2D eigenvalue weighted by Crippen LogP contribution is -2.41. The van der Waals surface area contributed by atoms with Crippen LogP contribution in [0.3, 0.4) is 0 Å². The van der Waals surface area contributed by atoms with E-state index in [9.17, 15) is 4.79 Å². The Morgan fingerprint density at radius 2 is 1.89 bits per heavy atom. The molecule has 0 aliphatic carbocycles. The number of carbonyl (C=O) groups excluding carboxylic acids is 1. The first kappa shape index (κ1) is 15.3. The van der Waals surface area contributed by atoms with E-state index in [-0.39, 0.29) is 5.97 Å². The molecule has 19 heavy (non-hydrogen) atoms. The van der Waals surface area contributed by atoms with Gasteiger partial charge in [-0.05, 0) is 57.9 Å². The normalized spacial score (nSPS) is 11.1. The molecule has 1 rings (SSSR count). The van der Waals surface area contributed by atoms with Crippen molar-refractivity contribution < 1.29 is 14.3 Å². The van der Waals surface area contributed by atoms with Crippen molar-refractivity contribution in [3.05, 3.63) is 23.3 Å². The molecule has 0 aliphatic rings. The fraction of sp³-hybridized carbons (Fsp3) is 0.533. The number of esters is 1. The highest BCUT2D eigenvalue weighted by atomic mass is 16.5. The van der Waals surface area contributed by atoms with Crippen LogP contribution in [0.4, 0.5) is 5.69 Å². The molecule has 0 aliphatic heterocycles. The summed E-state index contributed by atoms with van der Waals surface area (Å²) in [5.41, 5.74) is 2.28. The maximum Gasteiger partial charge on any atom is 0.331 e. The Hall–Kier alpha value is -1.71. The van der Waals surface area contributed by atoms with Gasteiger partial charge in [-0.1, -0.05) is 0 Å². The zero-order valence-electron chi connectivity index (χ0n) is 12.6. The molecule has 0 heterocycles. The molecule has 0 amide bonds. The van der Waals surface area contributed by atoms with E-state index >= 15 is 0 Å². The molecule has 4 heteroatoms. The average molecular weight is 265 g/mol. The van der Waals surface area contributed by atoms with Crippen molar-refractivity contribution >= 4 is 11.7 Å². The average Bonchev–Trinajstić information content (AvgIpc) is 2.35. The Morgan fingerprint density at radius 3 is 2.42 bits per heavy atom. The van der Waals surface area contributed by atoms with Gasteiger partial charge in [0.25, 0.3) is 0 Å². The van der Waals surface area contributed by atoms with Crippen LogP contribution in [-0.2, 0) is 9.53 Å². The predicted octanol–water partition coefficient (Wildman–Crippen LogP) is 3.07. The lowest BCUT2D eigenvalue weighted by molar-refractivity contribution is -0.147. The first-order valence-electron chi connectivity index (χ1n) is 6.43. The molecule has 1 aromatic rings. The minimum absolute atomic E-state index is 0.261. The van der Waals surface area contributed by atoms with Gasteiger partial charge in [0.2, 0.25) is 0 Å². The molecule has 0 atom stereocenters. The molecule has 106 valence electrons. The van der Waals surface area contributed by atoms with Gasteiger partial charge in [0.1, 0.15) is 11.3 Å². The summed E-state index contributed by atoms with van der Waals surface area (Å²) in [5.74, 6) is 0.583. The number of anilines is 1. The number of carbonyl (C=O) groups is 1. The van der Waals surface area contributed by atoms with E-state index in [0.717, 1.165) is 22.6 Å². The number of nitrogens with one attached hydrogen (secondary N) is 1. The Morgan fingerprint density at radius 1 is 1.26 bits per heavy atom. The number of hydrogen-bond donors (Lipinski definition) is 1. The van der Waals surface area contributed by atoms with Crippen LogP contribution in [0.1, 0.15) is 31.9 Å². The van der Waals surface area contributed by atoms with Crippen molar-refractivity contribution in [2.45, 2.75) is 40.2 Å². The first-order chi connectivity index (χ1) is 8.83. The molecule has 0 radical (unpaired) electrons. The Kier molecular flexibility index (Phi) is 4.81. The second-order valence-corrected chi connectivity index (χ2v) is 5.04. The van der Waals surface area contributed by atoms with E-state index in [4.69, 9.17) is 9.47 Å². The maximum atomic E-state index is 11.9. The van der Waals surface area contributed by atoms with Crippen molar-refractivity contribution in [2.24, 2.45) is 0 Å². The molecule has 0 aromatic heterocycles. The number of ether oxygens (including phenoxy) is 2. The quantitative estimate of drug-likeness (QED) is 0.831. The highest BCUT2D eigenvalue weighted by molar-refractivity contribution is 5.84. The number of methoxy groups -OCH3 is 1. The second-order valence-electron chi connectivity index (χ2n) is 5.04. The summed E-state index contributed by atoms with van der Waals surface area (Å²) in [6, 6.07) is 3.81. The summed E-state index contributed by atoms with van der Waals surface area (Å²) >= 11 is 0. The van der Waals surface area contributed by atoms with Crippen molar-refractivity contribution in [2.75, 3.05) is 19.0 Å². The summed E-state index contributed by atoms with van der Waals surface area (Å²) < 4.78 is 10.3. The molecule has 0 fully saturated rings. The molecule has 4 nitrogen and oxygen atoms in total. The third-order valence-electron chi connectivity index (χ3n) is 3.19. The number of hydrogen-bond acceptors (Lipinski definition) is 4. The Labute approximate surface area is 115 Å². The lowest BCUT2D eigenvalue weighted by atomic mass is 10.0. The van der Waals surface area contributed by atoms with Crippen LogP contribution in [0.5, 0.6) is 5.75 Å². The predicted molar refractivity (Wildman–Crippen MR) is 76.8 cm³/mol.